The first kappa shape index (κ1) is 16.5. The highest BCUT2D eigenvalue weighted by Crippen LogP contribution is 2.30. The summed E-state index contributed by atoms with van der Waals surface area (Å²) in [6.07, 6.45) is 2.34. The monoisotopic (exact) mass is 309 g/mol. The van der Waals surface area contributed by atoms with Crippen molar-refractivity contribution >= 4 is 22.9 Å². The molecule has 21 heavy (non-hydrogen) atoms. The van der Waals surface area contributed by atoms with Gasteiger partial charge < -0.3 is 10.6 Å². The third kappa shape index (κ3) is 4.53. The molecule has 1 aromatic rings. The zero-order chi connectivity index (χ0) is 15.5. The molecule has 0 aromatic carbocycles. The Hall–Kier alpha value is -0.910. The van der Waals surface area contributed by atoms with Crippen LogP contribution in [-0.4, -0.2) is 37.5 Å². The van der Waals surface area contributed by atoms with E-state index in [4.69, 9.17) is 0 Å². The van der Waals surface area contributed by atoms with E-state index < -0.39 is 0 Å². The third-order valence-corrected chi connectivity index (χ3v) is 5.33. The molecule has 2 heterocycles. The van der Waals surface area contributed by atoms with Crippen molar-refractivity contribution in [2.75, 3.05) is 32.0 Å². The summed E-state index contributed by atoms with van der Waals surface area (Å²) in [5.74, 6) is 0.105. The molecule has 1 amide bonds. The van der Waals surface area contributed by atoms with Crippen LogP contribution in [0.3, 0.4) is 0 Å². The van der Waals surface area contributed by atoms with Gasteiger partial charge in [0.15, 0.2) is 0 Å². The molecule has 0 atom stereocenters. The number of nitrogens with zero attached hydrogens (tertiary/aromatic N) is 1. The number of rotatable bonds is 5. The van der Waals surface area contributed by atoms with Crippen molar-refractivity contribution in [3.8, 4) is 0 Å². The highest BCUT2D eigenvalue weighted by atomic mass is 32.1. The molecule has 0 aliphatic carbocycles. The van der Waals surface area contributed by atoms with Gasteiger partial charge in [-0.25, -0.2) is 0 Å². The quantitative estimate of drug-likeness (QED) is 0.879. The Kier molecular flexibility index (Phi) is 5.41. The SMILES string of the molecule is CNCc1scc(C)c1NC(=O)CN1CCC(C)(C)CC1. The molecule has 5 heteroatoms. The van der Waals surface area contributed by atoms with Gasteiger partial charge in [0.25, 0.3) is 0 Å². The zero-order valence-corrected chi connectivity index (χ0v) is 14.4. The molecule has 0 unspecified atom stereocenters. The third-order valence-electron chi connectivity index (χ3n) is 4.23. The van der Waals surface area contributed by atoms with Gasteiger partial charge in [-0.2, -0.15) is 0 Å². The minimum Gasteiger partial charge on any atom is -0.324 e. The van der Waals surface area contributed by atoms with Crippen LogP contribution in [0.2, 0.25) is 0 Å². The number of piperidine rings is 1. The average Bonchev–Trinajstić information content (AvgIpc) is 2.75. The van der Waals surface area contributed by atoms with Crippen molar-refractivity contribution in [1.29, 1.82) is 0 Å². The van der Waals surface area contributed by atoms with Crippen molar-refractivity contribution in [1.82, 2.24) is 10.2 Å². The van der Waals surface area contributed by atoms with E-state index in [2.05, 4.69) is 41.7 Å². The van der Waals surface area contributed by atoms with Gasteiger partial charge >= 0.3 is 0 Å². The van der Waals surface area contributed by atoms with Crippen LogP contribution in [0.4, 0.5) is 5.69 Å². The lowest BCUT2D eigenvalue weighted by Crippen LogP contribution is -2.41. The second-order valence-corrected chi connectivity index (χ2v) is 7.70. The number of carbonyl (C=O) groups is 1. The number of thiophene rings is 1. The van der Waals surface area contributed by atoms with Crippen LogP contribution in [0.1, 0.15) is 37.1 Å². The molecule has 1 saturated heterocycles. The van der Waals surface area contributed by atoms with Gasteiger partial charge in [0.2, 0.25) is 5.91 Å². The Morgan fingerprint density at radius 2 is 2.05 bits per heavy atom. The molecular formula is C16H27N3OS. The molecule has 1 aliphatic rings. The van der Waals surface area contributed by atoms with Gasteiger partial charge in [-0.3, -0.25) is 9.69 Å². The van der Waals surface area contributed by atoms with Gasteiger partial charge in [-0.05, 0) is 56.3 Å². The Labute approximate surface area is 131 Å². The van der Waals surface area contributed by atoms with Crippen molar-refractivity contribution in [3.05, 3.63) is 15.8 Å². The van der Waals surface area contributed by atoms with Crippen molar-refractivity contribution in [2.45, 2.75) is 40.2 Å². The van der Waals surface area contributed by atoms with Gasteiger partial charge in [0.1, 0.15) is 0 Å². The fourth-order valence-electron chi connectivity index (χ4n) is 2.65. The first-order chi connectivity index (χ1) is 9.91. The van der Waals surface area contributed by atoms with Crippen LogP contribution in [0.5, 0.6) is 0 Å². The van der Waals surface area contributed by atoms with Crippen molar-refractivity contribution in [3.63, 3.8) is 0 Å². The van der Waals surface area contributed by atoms with Gasteiger partial charge in [-0.15, -0.1) is 11.3 Å². The summed E-state index contributed by atoms with van der Waals surface area (Å²) in [6.45, 7) is 10.0. The van der Waals surface area contributed by atoms with Crippen molar-refractivity contribution < 1.29 is 4.79 Å². The van der Waals surface area contributed by atoms with Crippen LogP contribution in [0.15, 0.2) is 5.38 Å². The smallest absolute Gasteiger partial charge is 0.238 e. The first-order valence-electron chi connectivity index (χ1n) is 7.65. The highest BCUT2D eigenvalue weighted by molar-refractivity contribution is 7.10. The maximum Gasteiger partial charge on any atom is 0.238 e. The van der Waals surface area contributed by atoms with E-state index in [1.807, 2.05) is 7.05 Å². The number of anilines is 1. The Morgan fingerprint density at radius 3 is 2.67 bits per heavy atom. The Bertz CT molecular complexity index is 486. The minimum atomic E-state index is 0.105. The number of hydrogen-bond donors (Lipinski definition) is 2. The van der Waals surface area contributed by atoms with Crippen molar-refractivity contribution in [2.24, 2.45) is 5.41 Å². The van der Waals surface area contributed by atoms with Gasteiger partial charge in [0, 0.05) is 11.4 Å². The number of aryl methyl sites for hydroxylation is 1. The first-order valence-corrected chi connectivity index (χ1v) is 8.53. The van der Waals surface area contributed by atoms with Gasteiger partial charge in [-0.1, -0.05) is 13.8 Å². The molecule has 0 spiro atoms. The topological polar surface area (TPSA) is 44.4 Å². The summed E-state index contributed by atoms with van der Waals surface area (Å²) in [5.41, 5.74) is 2.58. The van der Waals surface area contributed by atoms with Crippen LogP contribution < -0.4 is 10.6 Å². The molecule has 2 N–H and O–H groups in total. The van der Waals surface area contributed by atoms with E-state index >= 15 is 0 Å². The molecule has 4 nitrogen and oxygen atoms in total. The van der Waals surface area contributed by atoms with Crippen LogP contribution in [0.25, 0.3) is 0 Å². The summed E-state index contributed by atoms with van der Waals surface area (Å²) in [7, 11) is 1.93. The summed E-state index contributed by atoms with van der Waals surface area (Å²) in [4.78, 5) is 15.7. The number of hydrogen-bond acceptors (Lipinski definition) is 4. The Balaban J connectivity index is 1.89. The molecule has 0 radical (unpaired) electrons. The largest absolute Gasteiger partial charge is 0.324 e. The molecule has 0 saturated carbocycles. The summed E-state index contributed by atoms with van der Waals surface area (Å²) < 4.78 is 0. The fraction of sp³-hybridized carbons (Fsp3) is 0.688. The standard InChI is InChI=1S/C16H27N3OS/c1-12-11-21-13(9-17-4)15(12)18-14(20)10-19-7-5-16(2,3)6-8-19/h11,17H,5-10H2,1-4H3,(H,18,20). The molecule has 2 rings (SSSR count). The summed E-state index contributed by atoms with van der Waals surface area (Å²) in [6, 6.07) is 0. The summed E-state index contributed by atoms with van der Waals surface area (Å²) in [5, 5.41) is 8.35. The molecule has 0 bridgehead atoms. The molecule has 1 aromatic heterocycles. The molecule has 118 valence electrons. The lowest BCUT2D eigenvalue weighted by Gasteiger charge is -2.36. The van der Waals surface area contributed by atoms with E-state index in [0.717, 1.165) is 30.9 Å². The van der Waals surface area contributed by atoms with E-state index in [9.17, 15) is 4.79 Å². The fourth-order valence-corrected chi connectivity index (χ4v) is 3.65. The molecular weight excluding hydrogens is 282 g/mol. The number of amides is 1. The lowest BCUT2D eigenvalue weighted by molar-refractivity contribution is -0.117. The zero-order valence-electron chi connectivity index (χ0n) is 13.6. The Morgan fingerprint density at radius 1 is 1.38 bits per heavy atom. The maximum absolute atomic E-state index is 12.3. The lowest BCUT2D eigenvalue weighted by atomic mass is 9.83. The number of likely N-dealkylation sites (tertiary alicyclic amines) is 1. The van der Waals surface area contributed by atoms with Crippen LogP contribution in [0, 0.1) is 12.3 Å². The molecule has 1 fully saturated rings. The van der Waals surface area contributed by atoms with Crippen LogP contribution in [-0.2, 0) is 11.3 Å². The second kappa shape index (κ2) is 6.90. The maximum atomic E-state index is 12.3. The van der Waals surface area contributed by atoms with Crippen LogP contribution >= 0.6 is 11.3 Å². The predicted molar refractivity (Wildman–Crippen MR) is 89.9 cm³/mol. The van der Waals surface area contributed by atoms with E-state index in [1.54, 1.807) is 11.3 Å². The number of carbonyl (C=O) groups excluding carboxylic acids is 1. The normalized spacial score (nSPS) is 18.7. The van der Waals surface area contributed by atoms with Gasteiger partial charge in [0.05, 0.1) is 12.2 Å². The second-order valence-electron chi connectivity index (χ2n) is 6.74. The minimum absolute atomic E-state index is 0.105. The predicted octanol–water partition coefficient (Wildman–Crippen LogP) is 2.84. The highest BCUT2D eigenvalue weighted by Gasteiger charge is 2.26. The average molecular weight is 309 g/mol. The van der Waals surface area contributed by atoms with E-state index in [1.165, 1.54) is 17.7 Å². The molecule has 1 aliphatic heterocycles. The van der Waals surface area contributed by atoms with E-state index in [0.29, 0.717) is 12.0 Å². The number of nitrogens with one attached hydrogen (secondary N) is 2. The van der Waals surface area contributed by atoms with E-state index in [-0.39, 0.29) is 5.91 Å². The summed E-state index contributed by atoms with van der Waals surface area (Å²) >= 11 is 1.70.